The van der Waals surface area contributed by atoms with Gasteiger partial charge in [-0.05, 0) is 50.2 Å². The standard InChI is InChI=1S/C16H22N2O/c1-3-13-4-7-16(11-17,8-5-13)15(19)14-10-18-9-6-12(14)2/h6,9-10,13,15,19H,3-5,7-8H2,1-2H3. The van der Waals surface area contributed by atoms with Gasteiger partial charge in [0.25, 0.3) is 0 Å². The zero-order chi connectivity index (χ0) is 13.9. The lowest BCUT2D eigenvalue weighted by Crippen LogP contribution is -2.32. The van der Waals surface area contributed by atoms with E-state index in [0.29, 0.717) is 5.92 Å². The number of aryl methyl sites for hydroxylation is 1. The Morgan fingerprint density at radius 3 is 2.74 bits per heavy atom. The topological polar surface area (TPSA) is 56.9 Å². The van der Waals surface area contributed by atoms with Crippen LogP contribution in [-0.2, 0) is 0 Å². The molecule has 1 atom stereocenters. The lowest BCUT2D eigenvalue weighted by molar-refractivity contribution is 0.0236. The summed E-state index contributed by atoms with van der Waals surface area (Å²) in [4.78, 5) is 4.09. The Balaban J connectivity index is 2.23. The van der Waals surface area contributed by atoms with Crippen LogP contribution in [0.1, 0.15) is 56.3 Å². The maximum Gasteiger partial charge on any atom is 0.0993 e. The first-order chi connectivity index (χ1) is 9.13. The lowest BCUT2D eigenvalue weighted by atomic mass is 9.66. The maximum absolute atomic E-state index is 10.7. The summed E-state index contributed by atoms with van der Waals surface area (Å²) in [6, 6.07) is 4.30. The van der Waals surface area contributed by atoms with E-state index in [4.69, 9.17) is 0 Å². The van der Waals surface area contributed by atoms with Crippen molar-refractivity contribution in [3.63, 3.8) is 0 Å². The molecule has 3 heteroatoms. The average Bonchev–Trinajstić information content (AvgIpc) is 2.47. The number of aliphatic hydroxyl groups excluding tert-OH is 1. The van der Waals surface area contributed by atoms with Gasteiger partial charge in [0.05, 0.1) is 17.6 Å². The minimum atomic E-state index is -0.719. The molecule has 1 heterocycles. The summed E-state index contributed by atoms with van der Waals surface area (Å²) in [5, 5.41) is 20.3. The van der Waals surface area contributed by atoms with Crippen LogP contribution in [-0.4, -0.2) is 10.1 Å². The zero-order valence-corrected chi connectivity index (χ0v) is 11.8. The molecule has 1 fully saturated rings. The predicted octanol–water partition coefficient (Wildman–Crippen LogP) is 3.53. The van der Waals surface area contributed by atoms with E-state index >= 15 is 0 Å². The molecule has 1 N–H and O–H groups in total. The van der Waals surface area contributed by atoms with Crippen molar-refractivity contribution in [3.05, 3.63) is 29.6 Å². The molecule has 1 unspecified atom stereocenters. The Labute approximate surface area is 115 Å². The van der Waals surface area contributed by atoms with Gasteiger partial charge >= 0.3 is 0 Å². The van der Waals surface area contributed by atoms with Crippen molar-refractivity contribution in [2.24, 2.45) is 11.3 Å². The number of hydrogen-bond donors (Lipinski definition) is 1. The Morgan fingerprint density at radius 1 is 1.53 bits per heavy atom. The Kier molecular flexibility index (Phi) is 4.21. The van der Waals surface area contributed by atoms with Gasteiger partial charge in [0.2, 0.25) is 0 Å². The number of nitrogens with zero attached hydrogens (tertiary/aromatic N) is 2. The molecular weight excluding hydrogens is 236 g/mol. The van der Waals surface area contributed by atoms with Gasteiger partial charge in [0, 0.05) is 18.0 Å². The van der Waals surface area contributed by atoms with Crippen LogP contribution in [0.15, 0.2) is 18.5 Å². The monoisotopic (exact) mass is 258 g/mol. The molecule has 102 valence electrons. The number of aromatic nitrogens is 1. The molecule has 19 heavy (non-hydrogen) atoms. The highest BCUT2D eigenvalue weighted by Gasteiger charge is 2.42. The third-order valence-electron chi connectivity index (χ3n) is 4.69. The van der Waals surface area contributed by atoms with E-state index in [1.807, 2.05) is 13.0 Å². The van der Waals surface area contributed by atoms with Crippen molar-refractivity contribution < 1.29 is 5.11 Å². The fraction of sp³-hybridized carbons (Fsp3) is 0.625. The summed E-state index contributed by atoms with van der Waals surface area (Å²) >= 11 is 0. The molecular formula is C16H22N2O. The van der Waals surface area contributed by atoms with E-state index in [9.17, 15) is 10.4 Å². The minimum absolute atomic E-state index is 0.626. The van der Waals surface area contributed by atoms with Crippen molar-refractivity contribution in [2.75, 3.05) is 0 Å². The molecule has 0 aliphatic heterocycles. The predicted molar refractivity (Wildman–Crippen MR) is 74.2 cm³/mol. The summed E-state index contributed by atoms with van der Waals surface area (Å²) in [5.74, 6) is 0.712. The van der Waals surface area contributed by atoms with Crippen LogP contribution in [0.4, 0.5) is 0 Å². The summed E-state index contributed by atoms with van der Waals surface area (Å²) in [6.45, 7) is 4.16. The van der Waals surface area contributed by atoms with Crippen LogP contribution < -0.4 is 0 Å². The van der Waals surface area contributed by atoms with Crippen LogP contribution in [0, 0.1) is 29.6 Å². The first-order valence-electron chi connectivity index (χ1n) is 7.13. The molecule has 0 radical (unpaired) electrons. The van der Waals surface area contributed by atoms with Crippen LogP contribution >= 0.6 is 0 Å². The van der Waals surface area contributed by atoms with Gasteiger partial charge in [-0.15, -0.1) is 0 Å². The fourth-order valence-corrected chi connectivity index (χ4v) is 3.11. The molecule has 3 nitrogen and oxygen atoms in total. The third-order valence-corrected chi connectivity index (χ3v) is 4.69. The van der Waals surface area contributed by atoms with E-state index in [1.54, 1.807) is 12.4 Å². The van der Waals surface area contributed by atoms with Crippen molar-refractivity contribution >= 4 is 0 Å². The van der Waals surface area contributed by atoms with Crippen LogP contribution in [0.2, 0.25) is 0 Å². The summed E-state index contributed by atoms with van der Waals surface area (Å²) in [7, 11) is 0. The Morgan fingerprint density at radius 2 is 2.21 bits per heavy atom. The molecule has 0 saturated heterocycles. The SMILES string of the molecule is CCC1CCC(C#N)(C(O)c2cnccc2C)CC1. The first-order valence-corrected chi connectivity index (χ1v) is 7.13. The molecule has 1 aliphatic rings. The second-order valence-corrected chi connectivity index (χ2v) is 5.75. The molecule has 1 aliphatic carbocycles. The molecule has 0 spiro atoms. The van der Waals surface area contributed by atoms with Gasteiger partial charge < -0.3 is 5.11 Å². The van der Waals surface area contributed by atoms with Gasteiger partial charge in [-0.3, -0.25) is 4.98 Å². The van der Waals surface area contributed by atoms with Gasteiger partial charge in [0.15, 0.2) is 0 Å². The van der Waals surface area contributed by atoms with Crippen molar-refractivity contribution in [1.82, 2.24) is 4.98 Å². The molecule has 2 rings (SSSR count). The van der Waals surface area contributed by atoms with E-state index in [1.165, 1.54) is 6.42 Å². The van der Waals surface area contributed by atoms with Crippen molar-refractivity contribution in [3.8, 4) is 6.07 Å². The molecule has 1 aromatic heterocycles. The Bertz CT molecular complexity index is 470. The number of aliphatic hydroxyl groups is 1. The average molecular weight is 258 g/mol. The number of hydrogen-bond acceptors (Lipinski definition) is 3. The van der Waals surface area contributed by atoms with E-state index in [2.05, 4.69) is 18.0 Å². The fourth-order valence-electron chi connectivity index (χ4n) is 3.11. The highest BCUT2D eigenvalue weighted by molar-refractivity contribution is 5.28. The highest BCUT2D eigenvalue weighted by atomic mass is 16.3. The van der Waals surface area contributed by atoms with Gasteiger partial charge in [-0.25, -0.2) is 0 Å². The third kappa shape index (κ3) is 2.64. The van der Waals surface area contributed by atoms with E-state index < -0.39 is 11.5 Å². The lowest BCUT2D eigenvalue weighted by Gasteiger charge is -2.38. The van der Waals surface area contributed by atoms with Crippen LogP contribution in [0.3, 0.4) is 0 Å². The molecule has 1 saturated carbocycles. The second kappa shape index (κ2) is 5.71. The first kappa shape index (κ1) is 14.0. The number of rotatable bonds is 3. The normalized spacial score (nSPS) is 28.6. The maximum atomic E-state index is 10.7. The van der Waals surface area contributed by atoms with Crippen molar-refractivity contribution in [1.29, 1.82) is 5.26 Å². The molecule has 0 aromatic carbocycles. The quantitative estimate of drug-likeness (QED) is 0.902. The van der Waals surface area contributed by atoms with Gasteiger partial charge in [0.1, 0.15) is 0 Å². The number of nitriles is 1. The molecule has 0 bridgehead atoms. The summed E-state index contributed by atoms with van der Waals surface area (Å²) < 4.78 is 0. The summed E-state index contributed by atoms with van der Waals surface area (Å²) in [6.07, 6.45) is 7.53. The number of pyridine rings is 1. The molecule has 1 aromatic rings. The largest absolute Gasteiger partial charge is 0.387 e. The minimum Gasteiger partial charge on any atom is -0.387 e. The van der Waals surface area contributed by atoms with Crippen molar-refractivity contribution in [2.45, 2.75) is 52.1 Å². The van der Waals surface area contributed by atoms with Gasteiger partial charge in [-0.1, -0.05) is 13.3 Å². The molecule has 0 amide bonds. The van der Waals surface area contributed by atoms with E-state index in [-0.39, 0.29) is 0 Å². The van der Waals surface area contributed by atoms with E-state index in [0.717, 1.165) is 36.8 Å². The highest BCUT2D eigenvalue weighted by Crippen LogP contribution is 2.48. The second-order valence-electron chi connectivity index (χ2n) is 5.75. The zero-order valence-electron chi connectivity index (χ0n) is 11.8. The van der Waals surface area contributed by atoms with Crippen LogP contribution in [0.5, 0.6) is 0 Å². The van der Waals surface area contributed by atoms with Crippen LogP contribution in [0.25, 0.3) is 0 Å². The van der Waals surface area contributed by atoms with Gasteiger partial charge in [-0.2, -0.15) is 5.26 Å². The smallest absolute Gasteiger partial charge is 0.0993 e. The Hall–Kier alpha value is -1.40. The summed E-state index contributed by atoms with van der Waals surface area (Å²) in [5.41, 5.74) is 1.19.